The molecular formula is C19H17N5O2. The number of carbonyl (C=O) groups excluding carboxylic acids is 1. The minimum absolute atomic E-state index is 0.150. The maximum Gasteiger partial charge on any atom is 0.272 e. The number of anilines is 1. The third kappa shape index (κ3) is 2.95. The van der Waals surface area contributed by atoms with Crippen LogP contribution in [-0.4, -0.2) is 25.4 Å². The van der Waals surface area contributed by atoms with E-state index in [1.165, 1.54) is 0 Å². The van der Waals surface area contributed by atoms with Gasteiger partial charge in [-0.05, 0) is 24.3 Å². The van der Waals surface area contributed by atoms with Crippen LogP contribution in [0.15, 0.2) is 53.3 Å². The summed E-state index contributed by atoms with van der Waals surface area (Å²) in [5.41, 5.74) is 3.35. The number of carbonyl (C=O) groups is 1. The number of para-hydroxylation sites is 4. The van der Waals surface area contributed by atoms with Crippen molar-refractivity contribution in [2.75, 3.05) is 5.32 Å². The zero-order chi connectivity index (χ0) is 18.1. The summed E-state index contributed by atoms with van der Waals surface area (Å²) < 4.78 is 1.56. The molecule has 130 valence electrons. The van der Waals surface area contributed by atoms with Gasteiger partial charge in [-0.25, -0.2) is 9.97 Å². The summed E-state index contributed by atoms with van der Waals surface area (Å²) >= 11 is 0. The third-order valence-corrected chi connectivity index (χ3v) is 4.29. The van der Waals surface area contributed by atoms with Crippen molar-refractivity contribution in [1.82, 2.24) is 19.5 Å². The molecule has 1 amide bonds. The quantitative estimate of drug-likeness (QED) is 0.593. The zero-order valence-corrected chi connectivity index (χ0v) is 14.2. The molecule has 0 radical (unpaired) electrons. The van der Waals surface area contributed by atoms with Gasteiger partial charge in [-0.2, -0.15) is 0 Å². The second-order valence-electron chi connectivity index (χ2n) is 6.06. The number of hydrogen-bond acceptors (Lipinski definition) is 4. The standard InChI is InChI=1S/C19H17N5O2/c1-24-16-9-5-4-8-14(16)20-15(18(24)26)10-11-17(25)23-19-21-12-6-2-3-7-13(12)22-19/h2-9H,10-11H2,1H3,(H2,21,22,23,25). The fraction of sp³-hybridized carbons (Fsp3) is 0.158. The topological polar surface area (TPSA) is 92.7 Å². The number of hydrogen-bond donors (Lipinski definition) is 2. The smallest absolute Gasteiger partial charge is 0.272 e. The molecule has 0 aliphatic carbocycles. The molecule has 0 fully saturated rings. The number of imidazole rings is 1. The number of rotatable bonds is 4. The van der Waals surface area contributed by atoms with E-state index in [2.05, 4.69) is 20.3 Å². The van der Waals surface area contributed by atoms with Gasteiger partial charge in [0.05, 0.1) is 22.1 Å². The van der Waals surface area contributed by atoms with E-state index < -0.39 is 0 Å². The molecule has 0 spiro atoms. The van der Waals surface area contributed by atoms with Crippen molar-refractivity contribution in [3.63, 3.8) is 0 Å². The van der Waals surface area contributed by atoms with Crippen LogP contribution in [0.4, 0.5) is 5.95 Å². The molecule has 2 N–H and O–H groups in total. The van der Waals surface area contributed by atoms with Crippen LogP contribution < -0.4 is 10.9 Å². The predicted molar refractivity (Wildman–Crippen MR) is 100 cm³/mol. The van der Waals surface area contributed by atoms with E-state index in [4.69, 9.17) is 0 Å². The van der Waals surface area contributed by atoms with Gasteiger partial charge in [-0.1, -0.05) is 24.3 Å². The van der Waals surface area contributed by atoms with Gasteiger partial charge < -0.3 is 9.55 Å². The van der Waals surface area contributed by atoms with Crippen LogP contribution in [0.25, 0.3) is 22.1 Å². The van der Waals surface area contributed by atoms with Crippen molar-refractivity contribution in [2.24, 2.45) is 7.05 Å². The monoisotopic (exact) mass is 347 g/mol. The number of nitrogens with zero attached hydrogens (tertiary/aromatic N) is 3. The fourth-order valence-corrected chi connectivity index (χ4v) is 2.94. The van der Waals surface area contributed by atoms with E-state index in [-0.39, 0.29) is 24.3 Å². The molecule has 26 heavy (non-hydrogen) atoms. The maximum atomic E-state index is 12.4. The molecule has 2 aromatic carbocycles. The third-order valence-electron chi connectivity index (χ3n) is 4.29. The lowest BCUT2D eigenvalue weighted by atomic mass is 10.2. The lowest BCUT2D eigenvalue weighted by molar-refractivity contribution is -0.116. The first kappa shape index (κ1) is 16.0. The van der Waals surface area contributed by atoms with Crippen LogP contribution in [0, 0.1) is 0 Å². The Bertz CT molecular complexity index is 1140. The average Bonchev–Trinajstić information content (AvgIpc) is 3.05. The number of aromatic amines is 1. The Hall–Kier alpha value is -3.48. The van der Waals surface area contributed by atoms with Crippen LogP contribution >= 0.6 is 0 Å². The van der Waals surface area contributed by atoms with Gasteiger partial charge in [0, 0.05) is 19.9 Å². The highest BCUT2D eigenvalue weighted by Crippen LogP contribution is 2.14. The second kappa shape index (κ2) is 6.44. The molecule has 4 aromatic rings. The Morgan fingerprint density at radius 2 is 1.81 bits per heavy atom. The average molecular weight is 347 g/mol. The minimum Gasteiger partial charge on any atom is -0.324 e. The van der Waals surface area contributed by atoms with E-state index in [9.17, 15) is 9.59 Å². The van der Waals surface area contributed by atoms with Crippen molar-refractivity contribution in [1.29, 1.82) is 0 Å². The first-order valence-electron chi connectivity index (χ1n) is 8.31. The highest BCUT2D eigenvalue weighted by Gasteiger charge is 2.12. The lowest BCUT2D eigenvalue weighted by Gasteiger charge is -2.07. The van der Waals surface area contributed by atoms with Crippen molar-refractivity contribution >= 4 is 33.9 Å². The predicted octanol–water partition coefficient (Wildman–Crippen LogP) is 2.38. The summed E-state index contributed by atoms with van der Waals surface area (Å²) in [4.78, 5) is 36.4. The van der Waals surface area contributed by atoms with E-state index in [0.717, 1.165) is 22.1 Å². The number of aromatic nitrogens is 4. The number of aryl methyl sites for hydroxylation is 2. The summed E-state index contributed by atoms with van der Waals surface area (Å²) in [7, 11) is 1.71. The summed E-state index contributed by atoms with van der Waals surface area (Å²) in [5.74, 6) is 0.177. The molecule has 0 aliphatic rings. The Kier molecular flexibility index (Phi) is 3.96. The molecule has 0 atom stereocenters. The fourth-order valence-electron chi connectivity index (χ4n) is 2.94. The summed E-state index contributed by atoms with van der Waals surface area (Å²) in [6.07, 6.45) is 0.418. The van der Waals surface area contributed by atoms with Gasteiger partial charge in [0.2, 0.25) is 11.9 Å². The molecule has 0 aliphatic heterocycles. The summed E-state index contributed by atoms with van der Waals surface area (Å²) in [6.45, 7) is 0. The molecule has 7 nitrogen and oxygen atoms in total. The van der Waals surface area contributed by atoms with Crippen LogP contribution in [0.5, 0.6) is 0 Å². The number of H-pyrrole nitrogens is 1. The SMILES string of the molecule is Cn1c(=O)c(CCC(=O)Nc2nc3ccccc3[nH]2)nc2ccccc21. The molecule has 0 bridgehead atoms. The van der Waals surface area contributed by atoms with Gasteiger partial charge in [0.25, 0.3) is 5.56 Å². The van der Waals surface area contributed by atoms with Gasteiger partial charge in [0.1, 0.15) is 5.69 Å². The molecular weight excluding hydrogens is 330 g/mol. The molecule has 0 unspecified atom stereocenters. The Balaban J connectivity index is 1.50. The molecule has 2 heterocycles. The summed E-state index contributed by atoms with van der Waals surface area (Å²) in [5, 5.41) is 2.73. The highest BCUT2D eigenvalue weighted by atomic mass is 16.2. The summed E-state index contributed by atoms with van der Waals surface area (Å²) in [6, 6.07) is 15.0. The van der Waals surface area contributed by atoms with Crippen molar-refractivity contribution in [2.45, 2.75) is 12.8 Å². The molecule has 2 aromatic heterocycles. The molecule has 7 heteroatoms. The highest BCUT2D eigenvalue weighted by molar-refractivity contribution is 5.91. The largest absolute Gasteiger partial charge is 0.324 e. The van der Waals surface area contributed by atoms with Gasteiger partial charge in [-0.3, -0.25) is 14.9 Å². The number of nitrogens with one attached hydrogen (secondary N) is 2. The van der Waals surface area contributed by atoms with Crippen molar-refractivity contribution in [3.8, 4) is 0 Å². The normalized spacial score (nSPS) is 11.1. The van der Waals surface area contributed by atoms with Crippen molar-refractivity contribution < 1.29 is 4.79 Å². The maximum absolute atomic E-state index is 12.4. The zero-order valence-electron chi connectivity index (χ0n) is 14.2. The van der Waals surface area contributed by atoms with Crippen LogP contribution in [0.1, 0.15) is 12.1 Å². The van der Waals surface area contributed by atoms with E-state index in [0.29, 0.717) is 11.6 Å². The first-order valence-corrected chi connectivity index (χ1v) is 8.31. The van der Waals surface area contributed by atoms with Gasteiger partial charge in [-0.15, -0.1) is 0 Å². The molecule has 4 rings (SSSR count). The number of amides is 1. The van der Waals surface area contributed by atoms with E-state index in [1.807, 2.05) is 48.5 Å². The number of fused-ring (bicyclic) bond motifs is 2. The number of benzene rings is 2. The Morgan fingerprint density at radius 3 is 2.62 bits per heavy atom. The molecule has 0 saturated heterocycles. The minimum atomic E-state index is -0.221. The first-order chi connectivity index (χ1) is 12.6. The second-order valence-corrected chi connectivity index (χ2v) is 6.06. The van der Waals surface area contributed by atoms with Gasteiger partial charge in [0.15, 0.2) is 0 Å². The van der Waals surface area contributed by atoms with Crippen LogP contribution in [0.2, 0.25) is 0 Å². The molecule has 0 saturated carbocycles. The Morgan fingerprint density at radius 1 is 1.08 bits per heavy atom. The lowest BCUT2D eigenvalue weighted by Crippen LogP contribution is -2.24. The van der Waals surface area contributed by atoms with E-state index >= 15 is 0 Å². The van der Waals surface area contributed by atoms with Crippen LogP contribution in [-0.2, 0) is 18.3 Å². The van der Waals surface area contributed by atoms with Crippen LogP contribution in [0.3, 0.4) is 0 Å². The Labute approximate surface area is 148 Å². The van der Waals surface area contributed by atoms with Gasteiger partial charge >= 0.3 is 0 Å². The van der Waals surface area contributed by atoms with Crippen molar-refractivity contribution in [3.05, 3.63) is 64.6 Å². The van der Waals surface area contributed by atoms with E-state index in [1.54, 1.807) is 11.6 Å².